The van der Waals surface area contributed by atoms with Crippen molar-refractivity contribution in [2.75, 3.05) is 6.54 Å². The van der Waals surface area contributed by atoms with Gasteiger partial charge < -0.3 is 8.98 Å². The minimum atomic E-state index is -0.238. The second kappa shape index (κ2) is 7.65. The first-order chi connectivity index (χ1) is 16.5. The van der Waals surface area contributed by atoms with E-state index in [2.05, 4.69) is 28.5 Å². The van der Waals surface area contributed by atoms with Crippen LogP contribution in [0.3, 0.4) is 0 Å². The fourth-order valence-electron chi connectivity index (χ4n) is 4.67. The molecule has 0 saturated carbocycles. The summed E-state index contributed by atoms with van der Waals surface area (Å²) in [6, 6.07) is 10.8. The minimum Gasteiger partial charge on any atom is -0.467 e. The van der Waals surface area contributed by atoms with Crippen LogP contribution >= 0.6 is 0 Å². The lowest BCUT2D eigenvalue weighted by Gasteiger charge is -2.12. The van der Waals surface area contributed by atoms with Gasteiger partial charge in [-0.05, 0) is 50.1 Å². The second-order valence-electron chi connectivity index (χ2n) is 8.53. The van der Waals surface area contributed by atoms with Gasteiger partial charge in [-0.15, -0.1) is 5.10 Å². The zero-order valence-corrected chi connectivity index (χ0v) is 18.9. The monoisotopic (exact) mass is 454 g/mol. The van der Waals surface area contributed by atoms with Gasteiger partial charge in [0.1, 0.15) is 17.7 Å². The lowest BCUT2D eigenvalue weighted by Crippen LogP contribution is -2.31. The quantitative estimate of drug-likeness (QED) is 0.364. The normalized spacial score (nSPS) is 13.5. The molecular weight excluding hydrogens is 432 g/mol. The van der Waals surface area contributed by atoms with E-state index < -0.39 is 0 Å². The zero-order chi connectivity index (χ0) is 23.4. The fraction of sp³-hybridized carbons (Fsp3) is 0.240. The lowest BCUT2D eigenvalue weighted by atomic mass is 10.1. The van der Waals surface area contributed by atoms with Gasteiger partial charge in [0, 0.05) is 18.7 Å². The number of carbonyl (C=O) groups is 2. The summed E-state index contributed by atoms with van der Waals surface area (Å²) in [6.07, 6.45) is 4.47. The number of hydrogen-bond donors (Lipinski definition) is 0. The number of imide groups is 1. The summed E-state index contributed by atoms with van der Waals surface area (Å²) in [6.45, 7) is 5.05. The molecule has 170 valence electrons. The molecule has 6 rings (SSSR count). The third-order valence-corrected chi connectivity index (χ3v) is 6.54. The first-order valence-electron chi connectivity index (χ1n) is 11.2. The van der Waals surface area contributed by atoms with Gasteiger partial charge in [-0.25, -0.2) is 14.5 Å². The summed E-state index contributed by atoms with van der Waals surface area (Å²) in [7, 11) is 0. The van der Waals surface area contributed by atoms with Crippen molar-refractivity contribution in [1.29, 1.82) is 0 Å². The van der Waals surface area contributed by atoms with E-state index in [0.717, 1.165) is 33.7 Å². The van der Waals surface area contributed by atoms with E-state index in [-0.39, 0.29) is 11.8 Å². The van der Waals surface area contributed by atoms with Gasteiger partial charge in [0.2, 0.25) is 0 Å². The highest BCUT2D eigenvalue weighted by Crippen LogP contribution is 2.28. The Labute approximate surface area is 194 Å². The number of amides is 2. The van der Waals surface area contributed by atoms with Gasteiger partial charge in [0.05, 0.1) is 29.3 Å². The molecule has 5 aromatic rings. The maximum atomic E-state index is 12.6. The Balaban J connectivity index is 1.25. The van der Waals surface area contributed by atoms with Gasteiger partial charge in [-0.1, -0.05) is 12.1 Å². The van der Waals surface area contributed by atoms with Crippen LogP contribution in [0, 0.1) is 13.8 Å². The molecule has 2 amide bonds. The van der Waals surface area contributed by atoms with Crippen LogP contribution in [0.5, 0.6) is 0 Å². The smallest absolute Gasteiger partial charge is 0.261 e. The molecule has 1 aromatic carbocycles. The maximum Gasteiger partial charge on any atom is 0.261 e. The fourth-order valence-corrected chi connectivity index (χ4v) is 4.67. The number of benzene rings is 1. The molecule has 34 heavy (non-hydrogen) atoms. The summed E-state index contributed by atoms with van der Waals surface area (Å²) in [5.74, 6) is 1.04. The zero-order valence-electron chi connectivity index (χ0n) is 18.9. The number of aryl methyl sites for hydroxylation is 2. The van der Waals surface area contributed by atoms with Crippen molar-refractivity contribution in [3.05, 3.63) is 83.0 Å². The highest BCUT2D eigenvalue weighted by atomic mass is 16.3. The van der Waals surface area contributed by atoms with Crippen LogP contribution in [0.15, 0.2) is 53.4 Å². The number of aromatic nitrogens is 5. The van der Waals surface area contributed by atoms with Crippen LogP contribution in [0.4, 0.5) is 0 Å². The van der Waals surface area contributed by atoms with Crippen LogP contribution in [0.25, 0.3) is 16.7 Å². The summed E-state index contributed by atoms with van der Waals surface area (Å²) in [5, 5.41) is 5.55. The second-order valence-corrected chi connectivity index (χ2v) is 8.53. The van der Waals surface area contributed by atoms with E-state index in [0.29, 0.717) is 42.9 Å². The molecule has 1 aliphatic heterocycles. The van der Waals surface area contributed by atoms with Gasteiger partial charge in [-0.2, -0.15) is 0 Å². The van der Waals surface area contributed by atoms with E-state index in [1.165, 1.54) is 4.90 Å². The largest absolute Gasteiger partial charge is 0.467 e. The summed E-state index contributed by atoms with van der Waals surface area (Å²) >= 11 is 0. The third-order valence-electron chi connectivity index (χ3n) is 6.54. The molecule has 0 aliphatic carbocycles. The molecule has 0 bridgehead atoms. The van der Waals surface area contributed by atoms with Crippen molar-refractivity contribution >= 4 is 28.5 Å². The molecule has 9 nitrogen and oxygen atoms in total. The molecule has 1 aliphatic rings. The summed E-state index contributed by atoms with van der Waals surface area (Å²) < 4.78 is 9.35. The van der Waals surface area contributed by atoms with E-state index in [4.69, 9.17) is 9.40 Å². The Morgan fingerprint density at radius 1 is 0.971 bits per heavy atom. The molecule has 0 saturated heterocycles. The molecule has 0 radical (unpaired) electrons. The van der Waals surface area contributed by atoms with Gasteiger partial charge in [0.15, 0.2) is 11.5 Å². The van der Waals surface area contributed by atoms with Crippen molar-refractivity contribution < 1.29 is 14.0 Å². The highest BCUT2D eigenvalue weighted by molar-refractivity contribution is 6.21. The first-order valence-corrected chi connectivity index (χ1v) is 11.2. The number of rotatable bonds is 6. The predicted molar refractivity (Wildman–Crippen MR) is 124 cm³/mol. The molecule has 4 aromatic heterocycles. The van der Waals surface area contributed by atoms with Gasteiger partial charge >= 0.3 is 0 Å². The summed E-state index contributed by atoms with van der Waals surface area (Å²) in [4.78, 5) is 35.9. The average Bonchev–Trinajstić information content (AvgIpc) is 3.60. The highest BCUT2D eigenvalue weighted by Gasteiger charge is 2.34. The van der Waals surface area contributed by atoms with Crippen molar-refractivity contribution in [1.82, 2.24) is 29.0 Å². The molecule has 9 heteroatoms. The Kier molecular flexibility index (Phi) is 4.58. The van der Waals surface area contributed by atoms with Crippen molar-refractivity contribution in [2.45, 2.75) is 33.2 Å². The molecule has 0 spiro atoms. The maximum absolute atomic E-state index is 12.6. The van der Waals surface area contributed by atoms with E-state index >= 15 is 0 Å². The minimum absolute atomic E-state index is 0.238. The SMILES string of the molecule is Cc1c(C)n(Cc2ccco2)c2ncn3nc(CCCN4C(=O)c5ccccc5C4=O)nc3c12. The Morgan fingerprint density at radius 2 is 1.74 bits per heavy atom. The van der Waals surface area contributed by atoms with Crippen molar-refractivity contribution in [3.8, 4) is 0 Å². The molecule has 0 fully saturated rings. The third kappa shape index (κ3) is 3.04. The Bertz CT molecular complexity index is 1540. The Morgan fingerprint density at radius 3 is 2.44 bits per heavy atom. The van der Waals surface area contributed by atoms with Gasteiger partial charge in [-0.3, -0.25) is 14.5 Å². The molecule has 0 N–H and O–H groups in total. The number of nitrogens with zero attached hydrogens (tertiary/aromatic N) is 6. The van der Waals surface area contributed by atoms with Crippen molar-refractivity contribution in [2.24, 2.45) is 0 Å². The standard InChI is InChI=1S/C25H22N6O3/c1-15-16(2)30(13-17-7-6-12-34-17)22-21(15)23-27-20(28-31(23)14-26-22)10-5-11-29-24(32)18-8-3-4-9-19(18)25(29)33/h3-4,6-9,12,14H,5,10-11,13H2,1-2H3. The number of furan rings is 1. The van der Waals surface area contributed by atoms with Gasteiger partial charge in [0.25, 0.3) is 11.8 Å². The summed E-state index contributed by atoms with van der Waals surface area (Å²) in [5.41, 5.74) is 4.73. The van der Waals surface area contributed by atoms with E-state index in [9.17, 15) is 9.59 Å². The van der Waals surface area contributed by atoms with Crippen LogP contribution in [0.1, 0.15) is 50.0 Å². The van der Waals surface area contributed by atoms with Crippen LogP contribution in [0.2, 0.25) is 0 Å². The topological polar surface area (TPSA) is 98.5 Å². The molecular formula is C25H22N6O3. The molecule has 0 unspecified atom stereocenters. The van der Waals surface area contributed by atoms with Crippen LogP contribution < -0.4 is 0 Å². The van der Waals surface area contributed by atoms with Crippen molar-refractivity contribution in [3.63, 3.8) is 0 Å². The first kappa shape index (κ1) is 20.3. The molecule has 5 heterocycles. The number of fused-ring (bicyclic) bond motifs is 4. The average molecular weight is 454 g/mol. The Hall–Kier alpha value is -4.27. The predicted octanol–water partition coefficient (Wildman–Crippen LogP) is 3.57. The van der Waals surface area contributed by atoms with Crippen LogP contribution in [-0.4, -0.2) is 47.4 Å². The number of carbonyl (C=O) groups excluding carboxylic acids is 2. The van der Waals surface area contributed by atoms with Crippen LogP contribution in [-0.2, 0) is 13.0 Å². The van der Waals surface area contributed by atoms with E-state index in [1.54, 1.807) is 41.4 Å². The molecule has 0 atom stereocenters. The lowest BCUT2D eigenvalue weighted by molar-refractivity contribution is 0.0652. The van der Waals surface area contributed by atoms with E-state index in [1.807, 2.05) is 12.1 Å². The number of hydrogen-bond acceptors (Lipinski definition) is 6.